The molecule has 3 heterocycles. The van der Waals surface area contributed by atoms with Crippen LogP contribution >= 0.6 is 23.2 Å². The van der Waals surface area contributed by atoms with Crippen molar-refractivity contribution in [3.8, 4) is 33.6 Å². The quantitative estimate of drug-likeness (QED) is 0.280. The fourth-order valence-electron chi connectivity index (χ4n) is 3.90. The number of hydrogen-bond donors (Lipinski definition) is 1. The standard InChI is InChI=1S/C25H15Cl2F3N4O/c1-13-21(15-7-10-19(31-12-15)25(28,29)30)32-23-20(17-9-8-16(26)11-18(17)27)22(33-34(23)24(13)35)14-5-3-2-4-6-14/h2-12,33H,1H3. The molecule has 5 rings (SSSR count). The van der Waals surface area contributed by atoms with Crippen molar-refractivity contribution >= 4 is 28.8 Å². The highest BCUT2D eigenvalue weighted by Gasteiger charge is 2.32. The summed E-state index contributed by atoms with van der Waals surface area (Å²) >= 11 is 12.6. The molecule has 0 spiro atoms. The Bertz CT molecular complexity index is 1630. The number of benzene rings is 2. The zero-order valence-electron chi connectivity index (χ0n) is 18.0. The molecule has 0 aliphatic carbocycles. The number of alkyl halides is 3. The molecule has 2 aromatic carbocycles. The number of aromatic nitrogens is 4. The van der Waals surface area contributed by atoms with E-state index < -0.39 is 17.4 Å². The van der Waals surface area contributed by atoms with Crippen LogP contribution in [-0.4, -0.2) is 19.6 Å². The lowest BCUT2D eigenvalue weighted by Crippen LogP contribution is -2.19. The summed E-state index contributed by atoms with van der Waals surface area (Å²) in [6.07, 6.45) is -3.51. The monoisotopic (exact) mass is 514 g/mol. The van der Waals surface area contributed by atoms with Crippen LogP contribution in [0.15, 0.2) is 71.7 Å². The molecule has 5 aromatic rings. The average molecular weight is 515 g/mol. The van der Waals surface area contributed by atoms with Gasteiger partial charge < -0.3 is 0 Å². The van der Waals surface area contributed by atoms with E-state index in [1.165, 1.54) is 10.6 Å². The molecule has 0 aliphatic rings. The van der Waals surface area contributed by atoms with Crippen LogP contribution in [0.1, 0.15) is 11.3 Å². The largest absolute Gasteiger partial charge is 0.433 e. The second-order valence-electron chi connectivity index (χ2n) is 7.83. The fraction of sp³-hybridized carbons (Fsp3) is 0.0800. The molecule has 0 saturated heterocycles. The summed E-state index contributed by atoms with van der Waals surface area (Å²) in [5, 5.41) is 3.92. The number of rotatable bonds is 3. The van der Waals surface area contributed by atoms with E-state index in [9.17, 15) is 18.0 Å². The van der Waals surface area contributed by atoms with Gasteiger partial charge in [-0.1, -0.05) is 59.6 Å². The van der Waals surface area contributed by atoms with Crippen molar-refractivity contribution in [3.05, 3.63) is 98.5 Å². The Labute approximate surface area is 206 Å². The Kier molecular flexibility index (Phi) is 5.65. The fourth-order valence-corrected chi connectivity index (χ4v) is 4.40. The van der Waals surface area contributed by atoms with E-state index in [0.717, 1.165) is 17.8 Å². The Morgan fingerprint density at radius 1 is 0.971 bits per heavy atom. The highest BCUT2D eigenvalue weighted by molar-refractivity contribution is 6.36. The van der Waals surface area contributed by atoms with Crippen molar-refractivity contribution in [2.45, 2.75) is 13.1 Å². The molecule has 0 atom stereocenters. The van der Waals surface area contributed by atoms with Gasteiger partial charge in [0.1, 0.15) is 5.69 Å². The number of aromatic amines is 1. The van der Waals surface area contributed by atoms with Crippen LogP contribution in [0.3, 0.4) is 0 Å². The topological polar surface area (TPSA) is 63.1 Å². The van der Waals surface area contributed by atoms with E-state index >= 15 is 0 Å². The molecule has 0 radical (unpaired) electrons. The second kappa shape index (κ2) is 8.55. The highest BCUT2D eigenvalue weighted by atomic mass is 35.5. The Morgan fingerprint density at radius 3 is 2.34 bits per heavy atom. The molecule has 35 heavy (non-hydrogen) atoms. The molecule has 10 heteroatoms. The van der Waals surface area contributed by atoms with Gasteiger partial charge in [0.25, 0.3) is 5.56 Å². The number of nitrogens with one attached hydrogen (secondary N) is 1. The van der Waals surface area contributed by atoms with Gasteiger partial charge in [-0.05, 0) is 31.2 Å². The number of nitrogens with zero attached hydrogens (tertiary/aromatic N) is 3. The van der Waals surface area contributed by atoms with E-state index in [-0.39, 0.29) is 22.5 Å². The van der Waals surface area contributed by atoms with Crippen molar-refractivity contribution < 1.29 is 13.2 Å². The minimum atomic E-state index is -4.58. The van der Waals surface area contributed by atoms with Crippen LogP contribution in [0.4, 0.5) is 13.2 Å². The first kappa shape index (κ1) is 23.1. The molecule has 0 unspecified atom stereocenters. The van der Waals surface area contributed by atoms with E-state index in [4.69, 9.17) is 28.2 Å². The van der Waals surface area contributed by atoms with Crippen molar-refractivity contribution in [2.24, 2.45) is 0 Å². The van der Waals surface area contributed by atoms with Crippen LogP contribution in [0, 0.1) is 6.92 Å². The summed E-state index contributed by atoms with van der Waals surface area (Å²) in [5.41, 5.74) is 2.10. The van der Waals surface area contributed by atoms with Crippen LogP contribution in [0.2, 0.25) is 10.0 Å². The Balaban J connectivity index is 1.83. The molecule has 1 N–H and O–H groups in total. The van der Waals surface area contributed by atoms with E-state index in [2.05, 4.69) is 10.1 Å². The lowest BCUT2D eigenvalue weighted by molar-refractivity contribution is -0.141. The number of hydrogen-bond acceptors (Lipinski definition) is 3. The molecule has 176 valence electrons. The van der Waals surface area contributed by atoms with Crippen molar-refractivity contribution in [1.82, 2.24) is 19.6 Å². The minimum Gasteiger partial charge on any atom is -0.288 e. The van der Waals surface area contributed by atoms with Crippen molar-refractivity contribution in [2.75, 3.05) is 0 Å². The van der Waals surface area contributed by atoms with Crippen LogP contribution in [-0.2, 0) is 6.18 Å². The predicted molar refractivity (Wildman–Crippen MR) is 130 cm³/mol. The van der Waals surface area contributed by atoms with Gasteiger partial charge in [0.05, 0.1) is 22.0 Å². The normalized spacial score (nSPS) is 11.8. The van der Waals surface area contributed by atoms with Gasteiger partial charge in [0.2, 0.25) is 0 Å². The van der Waals surface area contributed by atoms with Gasteiger partial charge >= 0.3 is 6.18 Å². The third-order valence-corrected chi connectivity index (χ3v) is 6.14. The summed E-state index contributed by atoms with van der Waals surface area (Å²) in [7, 11) is 0. The van der Waals surface area contributed by atoms with Gasteiger partial charge in [-0.2, -0.15) is 13.2 Å². The highest BCUT2D eigenvalue weighted by Crippen LogP contribution is 2.39. The van der Waals surface area contributed by atoms with Crippen molar-refractivity contribution in [1.29, 1.82) is 0 Å². The summed E-state index contributed by atoms with van der Waals surface area (Å²) in [4.78, 5) is 21.6. The lowest BCUT2D eigenvalue weighted by Gasteiger charge is -2.10. The maximum Gasteiger partial charge on any atom is 0.433 e. The van der Waals surface area contributed by atoms with Crippen LogP contribution in [0.25, 0.3) is 39.3 Å². The number of halogens is 5. The number of fused-ring (bicyclic) bond motifs is 1. The molecule has 3 aromatic heterocycles. The average Bonchev–Trinajstić information content (AvgIpc) is 3.21. The zero-order chi connectivity index (χ0) is 24.9. The molecule has 0 amide bonds. The second-order valence-corrected chi connectivity index (χ2v) is 8.68. The Morgan fingerprint density at radius 2 is 1.71 bits per heavy atom. The lowest BCUT2D eigenvalue weighted by atomic mass is 10.0. The van der Waals surface area contributed by atoms with Gasteiger partial charge in [0.15, 0.2) is 5.65 Å². The van der Waals surface area contributed by atoms with Crippen LogP contribution < -0.4 is 5.56 Å². The smallest absolute Gasteiger partial charge is 0.288 e. The first-order valence-corrected chi connectivity index (χ1v) is 11.1. The van der Waals surface area contributed by atoms with Gasteiger partial charge in [-0.15, -0.1) is 0 Å². The molecule has 0 saturated carbocycles. The summed E-state index contributed by atoms with van der Waals surface area (Å²) < 4.78 is 40.3. The zero-order valence-corrected chi connectivity index (χ0v) is 19.5. The third-order valence-electron chi connectivity index (χ3n) is 5.60. The van der Waals surface area contributed by atoms with E-state index in [1.54, 1.807) is 25.1 Å². The van der Waals surface area contributed by atoms with E-state index in [0.29, 0.717) is 26.9 Å². The van der Waals surface area contributed by atoms with Crippen LogP contribution in [0.5, 0.6) is 0 Å². The molecular formula is C25H15Cl2F3N4O. The third kappa shape index (κ3) is 4.09. The summed E-state index contributed by atoms with van der Waals surface area (Å²) in [6.45, 7) is 1.56. The maximum atomic E-state index is 13.4. The van der Waals surface area contributed by atoms with Gasteiger partial charge in [0, 0.05) is 33.5 Å². The molecule has 0 bridgehead atoms. The number of H-pyrrole nitrogens is 1. The maximum absolute atomic E-state index is 13.4. The molecule has 5 nitrogen and oxygen atoms in total. The van der Waals surface area contributed by atoms with E-state index in [1.807, 2.05) is 30.3 Å². The summed E-state index contributed by atoms with van der Waals surface area (Å²) in [6, 6.07) is 16.4. The summed E-state index contributed by atoms with van der Waals surface area (Å²) in [5.74, 6) is 0. The molecular weight excluding hydrogens is 500 g/mol. The molecule has 0 fully saturated rings. The van der Waals surface area contributed by atoms with Gasteiger partial charge in [-0.3, -0.25) is 14.9 Å². The number of pyridine rings is 1. The molecule has 0 aliphatic heterocycles. The first-order chi connectivity index (χ1) is 16.6. The SMILES string of the molecule is Cc1c(-c2ccc(C(F)(F)F)nc2)nc2c(-c3ccc(Cl)cc3Cl)c(-c3ccccc3)[nH]n2c1=O. The Hall–Kier alpha value is -3.62. The first-order valence-electron chi connectivity index (χ1n) is 10.3. The minimum absolute atomic E-state index is 0.223. The van der Waals surface area contributed by atoms with Crippen molar-refractivity contribution in [3.63, 3.8) is 0 Å². The predicted octanol–water partition coefficient (Wildman–Crippen LogP) is 7.05. The van der Waals surface area contributed by atoms with Gasteiger partial charge in [-0.25, -0.2) is 9.50 Å².